The number of carbonyl (C=O) groups excluding carboxylic acids is 2. The van der Waals surface area contributed by atoms with Gasteiger partial charge in [0.15, 0.2) is 5.66 Å². The SMILES string of the molecule is C#CCCC1(CCC(=O)NCC2c3ccccc3C(=O)N2Cc2ccccc2)N=N1. The van der Waals surface area contributed by atoms with Gasteiger partial charge in [0.05, 0.1) is 6.04 Å². The van der Waals surface area contributed by atoms with Gasteiger partial charge in [0, 0.05) is 44.3 Å². The highest BCUT2D eigenvalue weighted by Gasteiger charge is 2.40. The smallest absolute Gasteiger partial charge is 0.255 e. The number of nitrogens with one attached hydrogen (secondary N) is 1. The summed E-state index contributed by atoms with van der Waals surface area (Å²) in [5.74, 6) is 2.53. The minimum Gasteiger partial charge on any atom is -0.354 e. The summed E-state index contributed by atoms with van der Waals surface area (Å²) in [6.45, 7) is 0.877. The molecule has 0 saturated heterocycles. The van der Waals surface area contributed by atoms with Gasteiger partial charge in [0.2, 0.25) is 5.91 Å². The van der Waals surface area contributed by atoms with Crippen LogP contribution in [0, 0.1) is 12.3 Å². The average molecular weight is 400 g/mol. The molecule has 0 fully saturated rings. The molecular weight excluding hydrogens is 376 g/mol. The maximum Gasteiger partial charge on any atom is 0.255 e. The number of carbonyl (C=O) groups is 2. The number of hydrogen-bond donors (Lipinski definition) is 1. The molecule has 30 heavy (non-hydrogen) atoms. The molecule has 6 heteroatoms. The molecule has 0 aromatic heterocycles. The van der Waals surface area contributed by atoms with E-state index in [1.807, 2.05) is 59.5 Å². The lowest BCUT2D eigenvalue weighted by molar-refractivity contribution is -0.121. The van der Waals surface area contributed by atoms with Crippen molar-refractivity contribution >= 4 is 11.8 Å². The number of nitrogens with zero attached hydrogens (tertiary/aromatic N) is 3. The Morgan fingerprint density at radius 2 is 1.83 bits per heavy atom. The normalized spacial score (nSPS) is 18.0. The first-order valence-corrected chi connectivity index (χ1v) is 10.2. The highest BCUT2D eigenvalue weighted by Crippen LogP contribution is 2.38. The van der Waals surface area contributed by atoms with Crippen LogP contribution in [0.4, 0.5) is 0 Å². The molecule has 0 bridgehead atoms. The zero-order valence-electron chi connectivity index (χ0n) is 16.8. The predicted molar refractivity (Wildman–Crippen MR) is 113 cm³/mol. The van der Waals surface area contributed by atoms with Crippen molar-refractivity contribution < 1.29 is 9.59 Å². The summed E-state index contributed by atoms with van der Waals surface area (Å²) in [5, 5.41) is 11.2. The van der Waals surface area contributed by atoms with Gasteiger partial charge in [-0.25, -0.2) is 0 Å². The summed E-state index contributed by atoms with van der Waals surface area (Å²) >= 11 is 0. The van der Waals surface area contributed by atoms with Crippen LogP contribution in [-0.2, 0) is 11.3 Å². The molecule has 6 nitrogen and oxygen atoms in total. The van der Waals surface area contributed by atoms with Crippen LogP contribution in [0.2, 0.25) is 0 Å². The summed E-state index contributed by atoms with van der Waals surface area (Å²) in [4.78, 5) is 27.3. The molecule has 2 aromatic rings. The maximum atomic E-state index is 13.0. The summed E-state index contributed by atoms with van der Waals surface area (Å²) in [5.41, 5.74) is 2.26. The van der Waals surface area contributed by atoms with Crippen molar-refractivity contribution in [1.29, 1.82) is 0 Å². The van der Waals surface area contributed by atoms with E-state index >= 15 is 0 Å². The van der Waals surface area contributed by atoms with Gasteiger partial charge in [0.1, 0.15) is 0 Å². The van der Waals surface area contributed by atoms with Crippen LogP contribution in [0.3, 0.4) is 0 Å². The van der Waals surface area contributed by atoms with E-state index in [-0.39, 0.29) is 17.9 Å². The van der Waals surface area contributed by atoms with Crippen LogP contribution in [0.15, 0.2) is 64.8 Å². The molecule has 1 N–H and O–H groups in total. The lowest BCUT2D eigenvalue weighted by atomic mass is 10.0. The summed E-state index contributed by atoms with van der Waals surface area (Å²) in [7, 11) is 0. The minimum absolute atomic E-state index is 0.00230. The van der Waals surface area contributed by atoms with Crippen molar-refractivity contribution in [1.82, 2.24) is 10.2 Å². The summed E-state index contributed by atoms with van der Waals surface area (Å²) in [6.07, 6.45) is 7.49. The molecule has 1 atom stereocenters. The first-order chi connectivity index (χ1) is 14.6. The first kappa shape index (κ1) is 19.8. The van der Waals surface area contributed by atoms with E-state index in [1.54, 1.807) is 0 Å². The van der Waals surface area contributed by atoms with Crippen LogP contribution < -0.4 is 5.32 Å². The van der Waals surface area contributed by atoms with Crippen LogP contribution in [0.5, 0.6) is 0 Å². The van der Waals surface area contributed by atoms with Crippen molar-refractivity contribution in [2.45, 2.75) is 43.9 Å². The lowest BCUT2D eigenvalue weighted by Crippen LogP contribution is -2.36. The molecule has 0 aliphatic carbocycles. The second-order valence-corrected chi connectivity index (χ2v) is 7.71. The van der Waals surface area contributed by atoms with Crippen LogP contribution in [-0.4, -0.2) is 28.9 Å². The second-order valence-electron chi connectivity index (χ2n) is 7.71. The van der Waals surface area contributed by atoms with Gasteiger partial charge in [-0.3, -0.25) is 9.59 Å². The molecule has 2 heterocycles. The quantitative estimate of drug-likeness (QED) is 0.649. The fraction of sp³-hybridized carbons (Fsp3) is 0.333. The van der Waals surface area contributed by atoms with Crippen LogP contribution in [0.25, 0.3) is 0 Å². The number of fused-ring (bicyclic) bond motifs is 1. The van der Waals surface area contributed by atoms with Gasteiger partial charge in [-0.05, 0) is 17.2 Å². The second kappa shape index (κ2) is 8.50. The third-order valence-electron chi connectivity index (χ3n) is 5.68. The highest BCUT2D eigenvalue weighted by molar-refractivity contribution is 5.99. The topological polar surface area (TPSA) is 74.1 Å². The predicted octanol–water partition coefficient (Wildman–Crippen LogP) is 3.86. The van der Waals surface area contributed by atoms with Gasteiger partial charge >= 0.3 is 0 Å². The average Bonchev–Trinajstić information content (AvgIpc) is 3.51. The minimum atomic E-state index is -0.459. The van der Waals surface area contributed by atoms with Crippen molar-refractivity contribution in [2.24, 2.45) is 10.2 Å². The maximum absolute atomic E-state index is 13.0. The molecule has 2 aromatic carbocycles. The summed E-state index contributed by atoms with van der Waals surface area (Å²) in [6, 6.07) is 17.3. The van der Waals surface area contributed by atoms with E-state index in [2.05, 4.69) is 21.5 Å². The van der Waals surface area contributed by atoms with Gasteiger partial charge in [-0.1, -0.05) is 48.5 Å². The third-order valence-corrected chi connectivity index (χ3v) is 5.68. The largest absolute Gasteiger partial charge is 0.354 e. The summed E-state index contributed by atoms with van der Waals surface area (Å²) < 4.78 is 0. The molecule has 0 radical (unpaired) electrons. The van der Waals surface area contributed by atoms with Gasteiger partial charge < -0.3 is 10.2 Å². The third kappa shape index (κ3) is 4.25. The van der Waals surface area contributed by atoms with Crippen molar-refractivity contribution in [3.05, 3.63) is 71.3 Å². The first-order valence-electron chi connectivity index (χ1n) is 10.2. The Kier molecular flexibility index (Phi) is 5.62. The molecule has 0 spiro atoms. The van der Waals surface area contributed by atoms with Crippen LogP contribution >= 0.6 is 0 Å². The Labute approximate surface area is 176 Å². The van der Waals surface area contributed by atoms with E-state index in [0.29, 0.717) is 44.3 Å². The molecular formula is C24H24N4O2. The zero-order valence-corrected chi connectivity index (χ0v) is 16.8. The number of rotatable bonds is 9. The fourth-order valence-electron chi connectivity index (χ4n) is 3.91. The van der Waals surface area contributed by atoms with Crippen LogP contribution in [0.1, 0.15) is 53.2 Å². The molecule has 2 aliphatic rings. The Bertz CT molecular complexity index is 1000. The number of hydrogen-bond acceptors (Lipinski definition) is 4. The van der Waals surface area contributed by atoms with E-state index in [4.69, 9.17) is 6.42 Å². The lowest BCUT2D eigenvalue weighted by Gasteiger charge is -2.26. The van der Waals surface area contributed by atoms with Crippen molar-refractivity contribution in [2.75, 3.05) is 6.54 Å². The number of terminal acetylenes is 1. The monoisotopic (exact) mass is 400 g/mol. The van der Waals surface area contributed by atoms with Crippen molar-refractivity contribution in [3.63, 3.8) is 0 Å². The Hall–Kier alpha value is -3.46. The van der Waals surface area contributed by atoms with E-state index in [9.17, 15) is 9.59 Å². The highest BCUT2D eigenvalue weighted by atomic mass is 16.2. The molecule has 152 valence electrons. The van der Waals surface area contributed by atoms with E-state index in [1.165, 1.54) is 0 Å². The molecule has 1 unspecified atom stereocenters. The van der Waals surface area contributed by atoms with Gasteiger partial charge in [-0.2, -0.15) is 10.2 Å². The Morgan fingerprint density at radius 1 is 1.10 bits per heavy atom. The number of benzene rings is 2. The molecule has 4 rings (SSSR count). The zero-order chi connectivity index (χ0) is 21.0. The van der Waals surface area contributed by atoms with Gasteiger partial charge in [-0.15, -0.1) is 12.3 Å². The van der Waals surface area contributed by atoms with Gasteiger partial charge in [0.25, 0.3) is 5.91 Å². The number of amides is 2. The molecule has 2 aliphatic heterocycles. The fourth-order valence-corrected chi connectivity index (χ4v) is 3.91. The van der Waals surface area contributed by atoms with Crippen molar-refractivity contribution in [3.8, 4) is 12.3 Å². The van der Waals surface area contributed by atoms with E-state index < -0.39 is 5.66 Å². The Balaban J connectivity index is 1.39. The molecule has 0 saturated carbocycles. The van der Waals surface area contributed by atoms with E-state index in [0.717, 1.165) is 11.1 Å². The molecule has 2 amide bonds. The standard InChI is InChI=1S/C24H24N4O2/c1-2-3-14-24(26-27-24)15-13-22(29)25-16-21-19-11-7-8-12-20(19)23(30)28(21)17-18-9-5-4-6-10-18/h1,4-12,21H,3,13-17H2,(H,25,29). The Morgan fingerprint density at radius 3 is 2.57 bits per heavy atom.